The third kappa shape index (κ3) is 4.12. The first-order valence-corrected chi connectivity index (χ1v) is 10.7. The van der Waals surface area contributed by atoms with E-state index in [-0.39, 0.29) is 30.2 Å². The van der Waals surface area contributed by atoms with Gasteiger partial charge in [-0.25, -0.2) is 12.7 Å². The van der Waals surface area contributed by atoms with Gasteiger partial charge in [-0.1, -0.05) is 6.07 Å². The molecule has 1 N–H and O–H groups in total. The lowest BCUT2D eigenvalue weighted by molar-refractivity contribution is -0.126. The van der Waals surface area contributed by atoms with Gasteiger partial charge in [0.05, 0.1) is 17.7 Å². The number of nitrogens with zero attached hydrogens (tertiary/aromatic N) is 1. The largest absolute Gasteiger partial charge is 0.486 e. The second kappa shape index (κ2) is 7.84. The molecule has 0 bridgehead atoms. The second-order valence-electron chi connectivity index (χ2n) is 6.73. The smallest absolute Gasteiger partial charge is 0.224 e. The van der Waals surface area contributed by atoms with Crippen molar-refractivity contribution < 1.29 is 22.7 Å². The summed E-state index contributed by atoms with van der Waals surface area (Å²) in [4.78, 5) is 12.6. The molecule has 2 atom stereocenters. The summed E-state index contributed by atoms with van der Waals surface area (Å²) in [6.07, 6.45) is 1.41. The fraction of sp³-hybridized carbons (Fsp3) is 0.611. The predicted octanol–water partition coefficient (Wildman–Crippen LogP) is 1.70. The lowest BCUT2D eigenvalue weighted by atomic mass is 9.97. The molecule has 0 radical (unpaired) electrons. The first kappa shape index (κ1) is 19.0. The Balaban J connectivity index is 1.64. The van der Waals surface area contributed by atoms with Crippen LogP contribution in [0.25, 0.3) is 0 Å². The van der Waals surface area contributed by atoms with E-state index in [1.165, 1.54) is 4.31 Å². The average molecular weight is 382 g/mol. The van der Waals surface area contributed by atoms with Crippen molar-refractivity contribution in [1.29, 1.82) is 0 Å². The Bertz CT molecular complexity index is 765. The molecule has 8 heteroatoms. The maximum absolute atomic E-state index is 12.6. The summed E-state index contributed by atoms with van der Waals surface area (Å²) in [7, 11) is -3.26. The molecule has 0 aliphatic carbocycles. The number of amides is 1. The van der Waals surface area contributed by atoms with Gasteiger partial charge in [-0.05, 0) is 44.4 Å². The fourth-order valence-electron chi connectivity index (χ4n) is 3.34. The third-order valence-electron chi connectivity index (χ3n) is 4.94. The number of hydrogen-bond donors (Lipinski definition) is 1. The molecule has 1 fully saturated rings. The molecule has 2 aliphatic rings. The van der Waals surface area contributed by atoms with Crippen LogP contribution < -0.4 is 14.8 Å². The zero-order valence-electron chi connectivity index (χ0n) is 15.2. The lowest BCUT2D eigenvalue weighted by Crippen LogP contribution is -2.46. The van der Waals surface area contributed by atoms with Gasteiger partial charge in [-0.15, -0.1) is 0 Å². The van der Waals surface area contributed by atoms with E-state index in [1.807, 2.05) is 25.1 Å². The lowest BCUT2D eigenvalue weighted by Gasteiger charge is -2.31. The first-order valence-electron chi connectivity index (χ1n) is 9.08. The normalized spacial score (nSPS) is 21.8. The molecule has 2 aliphatic heterocycles. The molecule has 144 valence electrons. The van der Waals surface area contributed by atoms with Gasteiger partial charge in [0.1, 0.15) is 13.2 Å². The predicted molar refractivity (Wildman–Crippen MR) is 97.7 cm³/mol. The van der Waals surface area contributed by atoms with Gasteiger partial charge < -0.3 is 14.8 Å². The summed E-state index contributed by atoms with van der Waals surface area (Å²) in [5.74, 6) is 1.04. The zero-order valence-corrected chi connectivity index (χ0v) is 16.0. The van der Waals surface area contributed by atoms with E-state index in [0.29, 0.717) is 44.1 Å². The molecule has 1 aromatic carbocycles. The molecule has 1 aromatic rings. The number of hydrogen-bond acceptors (Lipinski definition) is 5. The highest BCUT2D eigenvalue weighted by Crippen LogP contribution is 2.32. The number of nitrogens with one attached hydrogen (secondary N) is 1. The van der Waals surface area contributed by atoms with E-state index >= 15 is 0 Å². The summed E-state index contributed by atoms with van der Waals surface area (Å²) in [5, 5.41) is 3.01. The van der Waals surface area contributed by atoms with Crippen LogP contribution >= 0.6 is 0 Å². The molecule has 2 unspecified atom stereocenters. The number of ether oxygens (including phenoxy) is 2. The van der Waals surface area contributed by atoms with E-state index < -0.39 is 10.0 Å². The Morgan fingerprint density at radius 1 is 1.31 bits per heavy atom. The van der Waals surface area contributed by atoms with Crippen LogP contribution in [0.4, 0.5) is 0 Å². The number of piperidine rings is 1. The molecule has 2 heterocycles. The van der Waals surface area contributed by atoms with Crippen LogP contribution in [-0.2, 0) is 14.8 Å². The monoisotopic (exact) mass is 382 g/mol. The summed E-state index contributed by atoms with van der Waals surface area (Å²) in [6.45, 7) is 5.35. The van der Waals surface area contributed by atoms with Crippen molar-refractivity contribution in [3.63, 3.8) is 0 Å². The summed E-state index contributed by atoms with van der Waals surface area (Å²) in [6, 6.07) is 5.45. The summed E-state index contributed by atoms with van der Waals surface area (Å²) >= 11 is 0. The fourth-order valence-corrected chi connectivity index (χ4v) is 4.51. The molecule has 1 amide bonds. The Hall–Kier alpha value is -1.80. The van der Waals surface area contributed by atoms with Crippen LogP contribution in [0, 0.1) is 5.92 Å². The van der Waals surface area contributed by atoms with Crippen LogP contribution in [0.1, 0.15) is 38.3 Å². The molecule has 7 nitrogen and oxygen atoms in total. The zero-order chi connectivity index (χ0) is 18.7. The minimum absolute atomic E-state index is 0.0644. The van der Waals surface area contributed by atoms with E-state index in [0.717, 1.165) is 5.56 Å². The van der Waals surface area contributed by atoms with Gasteiger partial charge in [0.25, 0.3) is 0 Å². The minimum Gasteiger partial charge on any atom is -0.486 e. The molecule has 26 heavy (non-hydrogen) atoms. The van der Waals surface area contributed by atoms with Gasteiger partial charge in [-0.3, -0.25) is 4.79 Å². The van der Waals surface area contributed by atoms with E-state index in [2.05, 4.69) is 5.32 Å². The highest BCUT2D eigenvalue weighted by Gasteiger charge is 2.32. The van der Waals surface area contributed by atoms with Gasteiger partial charge in [0.2, 0.25) is 15.9 Å². The number of fused-ring (bicyclic) bond motifs is 1. The molecular formula is C18H26N2O5S. The standard InChI is InChI=1S/C18H26N2O5S/c1-3-26(22,23)20-8-4-5-15(12-20)18(21)19-13(2)14-6-7-16-17(11-14)25-10-9-24-16/h6-7,11,13,15H,3-5,8-10,12H2,1-2H3,(H,19,21). The van der Waals surface area contributed by atoms with Gasteiger partial charge >= 0.3 is 0 Å². The molecule has 0 aromatic heterocycles. The van der Waals surface area contributed by atoms with Crippen molar-refractivity contribution in [2.24, 2.45) is 5.92 Å². The molecular weight excluding hydrogens is 356 g/mol. The maximum Gasteiger partial charge on any atom is 0.224 e. The van der Waals surface area contributed by atoms with E-state index in [1.54, 1.807) is 6.92 Å². The Morgan fingerprint density at radius 3 is 2.77 bits per heavy atom. The Kier molecular flexibility index (Phi) is 5.72. The van der Waals surface area contributed by atoms with Crippen molar-refractivity contribution in [2.75, 3.05) is 32.1 Å². The first-order chi connectivity index (χ1) is 12.4. The van der Waals surface area contributed by atoms with Crippen molar-refractivity contribution in [3.8, 4) is 11.5 Å². The minimum atomic E-state index is -3.26. The quantitative estimate of drug-likeness (QED) is 0.838. The van der Waals surface area contributed by atoms with Crippen LogP contribution in [0.15, 0.2) is 18.2 Å². The van der Waals surface area contributed by atoms with Crippen molar-refractivity contribution >= 4 is 15.9 Å². The number of rotatable bonds is 5. The third-order valence-corrected chi connectivity index (χ3v) is 6.79. The highest BCUT2D eigenvalue weighted by molar-refractivity contribution is 7.89. The average Bonchev–Trinajstić information content (AvgIpc) is 2.67. The van der Waals surface area contributed by atoms with Crippen molar-refractivity contribution in [1.82, 2.24) is 9.62 Å². The van der Waals surface area contributed by atoms with Crippen LogP contribution in [0.2, 0.25) is 0 Å². The molecule has 0 saturated carbocycles. The van der Waals surface area contributed by atoms with Crippen molar-refractivity contribution in [2.45, 2.75) is 32.7 Å². The van der Waals surface area contributed by atoms with Crippen LogP contribution in [0.5, 0.6) is 11.5 Å². The second-order valence-corrected chi connectivity index (χ2v) is 8.99. The van der Waals surface area contributed by atoms with Crippen LogP contribution in [-0.4, -0.2) is 50.7 Å². The SMILES string of the molecule is CCS(=O)(=O)N1CCCC(C(=O)NC(C)c2ccc3c(c2)OCCO3)C1. The number of carbonyl (C=O) groups excluding carboxylic acids is 1. The highest BCUT2D eigenvalue weighted by atomic mass is 32.2. The summed E-state index contributed by atoms with van der Waals surface area (Å²) < 4.78 is 36.7. The van der Waals surface area contributed by atoms with E-state index in [4.69, 9.17) is 9.47 Å². The molecule has 0 spiro atoms. The molecule has 3 rings (SSSR count). The number of sulfonamides is 1. The maximum atomic E-state index is 12.6. The van der Waals surface area contributed by atoms with Gasteiger partial charge in [0, 0.05) is 13.1 Å². The topological polar surface area (TPSA) is 84.9 Å². The Morgan fingerprint density at radius 2 is 2.04 bits per heavy atom. The molecule has 1 saturated heterocycles. The van der Waals surface area contributed by atoms with Crippen molar-refractivity contribution in [3.05, 3.63) is 23.8 Å². The van der Waals surface area contributed by atoms with E-state index in [9.17, 15) is 13.2 Å². The summed E-state index contributed by atoms with van der Waals surface area (Å²) in [5.41, 5.74) is 0.927. The van der Waals surface area contributed by atoms with Gasteiger partial charge in [-0.2, -0.15) is 0 Å². The number of benzene rings is 1. The van der Waals surface area contributed by atoms with Crippen LogP contribution in [0.3, 0.4) is 0 Å². The Labute approximate surface area is 154 Å². The number of carbonyl (C=O) groups is 1. The van der Waals surface area contributed by atoms with Gasteiger partial charge in [0.15, 0.2) is 11.5 Å².